The maximum atomic E-state index is 12.2. The number of hydrogen-bond donors (Lipinski definition) is 0. The Bertz CT molecular complexity index is 746. The molecule has 0 radical (unpaired) electrons. The molecule has 2 unspecified atom stereocenters. The van der Waals surface area contributed by atoms with Crippen molar-refractivity contribution in [2.24, 2.45) is 7.05 Å². The van der Waals surface area contributed by atoms with Crippen LogP contribution in [0.2, 0.25) is 0 Å². The molecule has 0 N–H and O–H groups in total. The minimum atomic E-state index is -0.492. The lowest BCUT2D eigenvalue weighted by molar-refractivity contribution is 0.0292. The number of amides is 1. The molecule has 0 aliphatic carbocycles. The maximum Gasteiger partial charge on any atom is 0.410 e. The highest BCUT2D eigenvalue weighted by Gasteiger charge is 2.33. The third kappa shape index (κ3) is 4.00. The summed E-state index contributed by atoms with van der Waals surface area (Å²) < 4.78 is 12.6. The van der Waals surface area contributed by atoms with Crippen molar-refractivity contribution in [3.05, 3.63) is 29.7 Å². The lowest BCUT2D eigenvalue weighted by Gasteiger charge is -2.24. The first-order valence-electron chi connectivity index (χ1n) is 8.53. The zero-order chi connectivity index (χ0) is 18.2. The monoisotopic (exact) mass is 347 g/mol. The molecule has 1 aliphatic heterocycles. The quantitative estimate of drug-likeness (QED) is 0.848. The van der Waals surface area contributed by atoms with Crippen LogP contribution < -0.4 is 0 Å². The van der Waals surface area contributed by atoms with E-state index in [1.807, 2.05) is 40.9 Å². The van der Waals surface area contributed by atoms with Crippen molar-refractivity contribution < 1.29 is 14.1 Å². The van der Waals surface area contributed by atoms with Gasteiger partial charge in [-0.2, -0.15) is 10.1 Å². The van der Waals surface area contributed by atoms with Crippen LogP contribution in [0.25, 0.3) is 0 Å². The summed E-state index contributed by atoms with van der Waals surface area (Å²) in [4.78, 5) is 18.4. The fourth-order valence-corrected chi connectivity index (χ4v) is 2.86. The average molecular weight is 347 g/mol. The first kappa shape index (κ1) is 17.4. The first-order valence-corrected chi connectivity index (χ1v) is 8.53. The van der Waals surface area contributed by atoms with E-state index in [-0.39, 0.29) is 17.9 Å². The Morgan fingerprint density at radius 3 is 2.84 bits per heavy atom. The molecule has 0 spiro atoms. The molecule has 2 aromatic heterocycles. The van der Waals surface area contributed by atoms with Crippen LogP contribution in [0.3, 0.4) is 0 Å². The Hall–Kier alpha value is -2.38. The molecule has 2 aromatic rings. The van der Waals surface area contributed by atoms with E-state index >= 15 is 0 Å². The van der Waals surface area contributed by atoms with Crippen LogP contribution in [0.15, 0.2) is 16.9 Å². The number of likely N-dealkylation sites (tertiary alicyclic amines) is 1. The molecule has 0 aromatic carbocycles. The van der Waals surface area contributed by atoms with Crippen molar-refractivity contribution in [1.82, 2.24) is 24.8 Å². The first-order chi connectivity index (χ1) is 11.7. The Labute approximate surface area is 147 Å². The van der Waals surface area contributed by atoms with Gasteiger partial charge in [-0.1, -0.05) is 5.16 Å². The van der Waals surface area contributed by atoms with Crippen molar-refractivity contribution in [3.8, 4) is 0 Å². The second kappa shape index (κ2) is 6.50. The Kier molecular flexibility index (Phi) is 4.53. The minimum Gasteiger partial charge on any atom is -0.444 e. The van der Waals surface area contributed by atoms with Crippen LogP contribution in [0.5, 0.6) is 0 Å². The molecule has 1 amide bonds. The fourth-order valence-electron chi connectivity index (χ4n) is 2.86. The van der Waals surface area contributed by atoms with Gasteiger partial charge in [-0.3, -0.25) is 4.68 Å². The molecule has 1 aliphatic rings. The number of carbonyl (C=O) groups excluding carboxylic acids is 1. The predicted octanol–water partition coefficient (Wildman–Crippen LogP) is 2.68. The van der Waals surface area contributed by atoms with Crippen molar-refractivity contribution >= 4 is 6.09 Å². The molecular formula is C17H25N5O3. The van der Waals surface area contributed by atoms with Gasteiger partial charge in [-0.15, -0.1) is 0 Å². The highest BCUT2D eigenvalue weighted by atomic mass is 16.6. The van der Waals surface area contributed by atoms with Gasteiger partial charge in [0.1, 0.15) is 5.60 Å². The minimum absolute atomic E-state index is 0.0155. The van der Waals surface area contributed by atoms with Gasteiger partial charge in [0, 0.05) is 37.8 Å². The molecule has 2 atom stereocenters. The number of ether oxygens (including phenoxy) is 1. The van der Waals surface area contributed by atoms with Gasteiger partial charge in [0.05, 0.1) is 12.1 Å². The lowest BCUT2D eigenvalue weighted by Crippen LogP contribution is -2.35. The zero-order valence-corrected chi connectivity index (χ0v) is 15.4. The van der Waals surface area contributed by atoms with Gasteiger partial charge in [0.15, 0.2) is 5.82 Å². The van der Waals surface area contributed by atoms with Gasteiger partial charge in [0.25, 0.3) is 0 Å². The van der Waals surface area contributed by atoms with Gasteiger partial charge >= 0.3 is 6.09 Å². The molecule has 0 bridgehead atoms. The molecule has 0 saturated carbocycles. The van der Waals surface area contributed by atoms with Gasteiger partial charge in [-0.25, -0.2) is 4.79 Å². The molecule has 8 nitrogen and oxygen atoms in total. The van der Waals surface area contributed by atoms with Gasteiger partial charge in [0.2, 0.25) is 5.89 Å². The fraction of sp³-hybridized carbons (Fsp3) is 0.647. The number of hydrogen-bond acceptors (Lipinski definition) is 6. The highest BCUT2D eigenvalue weighted by Crippen LogP contribution is 2.29. The van der Waals surface area contributed by atoms with E-state index in [9.17, 15) is 4.79 Å². The Morgan fingerprint density at radius 1 is 1.44 bits per heavy atom. The topological polar surface area (TPSA) is 86.3 Å². The van der Waals surface area contributed by atoms with Crippen LogP contribution in [0.4, 0.5) is 4.79 Å². The van der Waals surface area contributed by atoms with Crippen LogP contribution in [-0.4, -0.2) is 49.6 Å². The summed E-state index contributed by atoms with van der Waals surface area (Å²) in [5.74, 6) is 1.28. The molecule has 8 heteroatoms. The maximum absolute atomic E-state index is 12.2. The van der Waals surface area contributed by atoms with Crippen molar-refractivity contribution in [2.45, 2.75) is 51.6 Å². The SMILES string of the molecule is CC(c1cnn(C)c1)c1nc(C2CCN(C(=O)OC(C)(C)C)C2)no1. The summed E-state index contributed by atoms with van der Waals surface area (Å²) in [7, 11) is 1.87. The van der Waals surface area contributed by atoms with Crippen LogP contribution in [0, 0.1) is 0 Å². The summed E-state index contributed by atoms with van der Waals surface area (Å²) in [5, 5.41) is 8.30. The van der Waals surface area contributed by atoms with E-state index < -0.39 is 5.60 Å². The van der Waals surface area contributed by atoms with Crippen molar-refractivity contribution in [1.29, 1.82) is 0 Å². The van der Waals surface area contributed by atoms with E-state index in [0.717, 1.165) is 12.0 Å². The average Bonchev–Trinajstić information content (AvgIpc) is 3.24. The van der Waals surface area contributed by atoms with E-state index in [1.165, 1.54) is 0 Å². The Balaban J connectivity index is 1.64. The summed E-state index contributed by atoms with van der Waals surface area (Å²) in [6, 6.07) is 0. The molecule has 1 saturated heterocycles. The van der Waals surface area contributed by atoms with Gasteiger partial charge in [-0.05, 0) is 34.1 Å². The summed E-state index contributed by atoms with van der Waals surface area (Å²) in [5.41, 5.74) is 0.535. The van der Waals surface area contributed by atoms with Gasteiger partial charge < -0.3 is 14.2 Å². The third-order valence-corrected chi connectivity index (χ3v) is 4.26. The molecule has 3 heterocycles. The second-order valence-corrected chi connectivity index (χ2v) is 7.57. The second-order valence-electron chi connectivity index (χ2n) is 7.57. The number of carbonyl (C=O) groups is 1. The van der Waals surface area contributed by atoms with E-state index in [2.05, 4.69) is 15.2 Å². The van der Waals surface area contributed by atoms with Crippen molar-refractivity contribution in [3.63, 3.8) is 0 Å². The summed E-state index contributed by atoms with van der Waals surface area (Å²) >= 11 is 0. The zero-order valence-electron chi connectivity index (χ0n) is 15.4. The van der Waals surface area contributed by atoms with Crippen LogP contribution >= 0.6 is 0 Å². The summed E-state index contributed by atoms with van der Waals surface area (Å²) in [6.07, 6.45) is 4.25. The molecule has 136 valence electrons. The largest absolute Gasteiger partial charge is 0.444 e. The van der Waals surface area contributed by atoms with Crippen LogP contribution in [-0.2, 0) is 11.8 Å². The predicted molar refractivity (Wildman–Crippen MR) is 90.2 cm³/mol. The standard InChI is InChI=1S/C17H25N5O3/c1-11(13-8-18-21(5)9-13)15-19-14(20-25-15)12-6-7-22(10-12)16(23)24-17(2,3)4/h8-9,11-12H,6-7,10H2,1-5H3. The van der Waals surface area contributed by atoms with Crippen molar-refractivity contribution in [2.75, 3.05) is 13.1 Å². The third-order valence-electron chi connectivity index (χ3n) is 4.26. The van der Waals surface area contributed by atoms with Crippen LogP contribution in [0.1, 0.15) is 63.2 Å². The smallest absolute Gasteiger partial charge is 0.410 e. The summed E-state index contributed by atoms with van der Waals surface area (Å²) in [6.45, 7) is 8.80. The normalized spacial score (nSPS) is 19.2. The molecule has 3 rings (SSSR count). The Morgan fingerprint density at radius 2 is 2.20 bits per heavy atom. The van der Waals surface area contributed by atoms with E-state index in [0.29, 0.717) is 24.8 Å². The number of rotatable bonds is 3. The molecule has 1 fully saturated rings. The van der Waals surface area contributed by atoms with E-state index in [1.54, 1.807) is 15.8 Å². The lowest BCUT2D eigenvalue weighted by atomic mass is 10.1. The number of aryl methyl sites for hydroxylation is 1. The molecular weight excluding hydrogens is 322 g/mol. The van der Waals surface area contributed by atoms with E-state index in [4.69, 9.17) is 9.26 Å². The molecule has 25 heavy (non-hydrogen) atoms. The number of aromatic nitrogens is 4. The number of nitrogens with zero attached hydrogens (tertiary/aromatic N) is 5. The highest BCUT2D eigenvalue weighted by molar-refractivity contribution is 5.68.